The average molecular weight is 100 g/mol. The van der Waals surface area contributed by atoms with Crippen molar-refractivity contribution < 1.29 is 0 Å². The zero-order chi connectivity index (χ0) is 4.41. The Balaban J connectivity index is 2.38. The van der Waals surface area contributed by atoms with Gasteiger partial charge in [-0.1, -0.05) is 13.0 Å². The highest BCUT2D eigenvalue weighted by molar-refractivity contribution is 8.02. The summed E-state index contributed by atoms with van der Waals surface area (Å²) < 4.78 is 0. The Morgan fingerprint density at radius 1 is 1.83 bits per heavy atom. The van der Waals surface area contributed by atoms with Gasteiger partial charge in [0.2, 0.25) is 0 Å². The monoisotopic (exact) mass is 100 g/mol. The highest BCUT2D eigenvalue weighted by atomic mass is 32.2. The Morgan fingerprint density at radius 3 is 2.83 bits per heavy atom. The molecule has 1 heterocycles. The van der Waals surface area contributed by atoms with Crippen molar-refractivity contribution in [2.24, 2.45) is 5.92 Å². The first-order valence-electron chi connectivity index (χ1n) is 2.18. The molecule has 1 atom stereocenters. The Morgan fingerprint density at radius 2 is 2.67 bits per heavy atom. The first kappa shape index (κ1) is 4.25. The smallest absolute Gasteiger partial charge is 0.00346 e. The van der Waals surface area contributed by atoms with E-state index in [0.717, 1.165) is 5.92 Å². The maximum absolute atomic E-state index is 2.24. The molecule has 0 spiro atoms. The second-order valence-electron chi connectivity index (χ2n) is 1.64. The standard InChI is InChI=1S/C5H8S/c1-5-2-3-6-4-5/h2-3,5H,4H2,1H3/t5-/m0/s1. The summed E-state index contributed by atoms with van der Waals surface area (Å²) in [5, 5.41) is 2.17. The first-order chi connectivity index (χ1) is 2.89. The van der Waals surface area contributed by atoms with Crippen LogP contribution in [0.5, 0.6) is 0 Å². The molecule has 0 aliphatic carbocycles. The van der Waals surface area contributed by atoms with Gasteiger partial charge in [-0.2, -0.15) is 0 Å². The van der Waals surface area contributed by atoms with Gasteiger partial charge < -0.3 is 0 Å². The predicted octanol–water partition coefficient (Wildman–Crippen LogP) is 1.88. The molecule has 0 unspecified atom stereocenters. The van der Waals surface area contributed by atoms with Crippen molar-refractivity contribution in [1.82, 2.24) is 0 Å². The highest BCUT2D eigenvalue weighted by Gasteiger charge is 1.99. The molecule has 1 heteroatoms. The van der Waals surface area contributed by atoms with Crippen LogP contribution in [0, 0.1) is 5.92 Å². The van der Waals surface area contributed by atoms with E-state index in [4.69, 9.17) is 0 Å². The molecule has 1 rings (SSSR count). The van der Waals surface area contributed by atoms with Crippen LogP contribution in [0.1, 0.15) is 6.92 Å². The quantitative estimate of drug-likeness (QED) is 0.448. The average Bonchev–Trinajstić information content (AvgIpc) is 1.86. The summed E-state index contributed by atoms with van der Waals surface area (Å²) >= 11 is 1.90. The number of hydrogen-bond donors (Lipinski definition) is 0. The van der Waals surface area contributed by atoms with Crippen molar-refractivity contribution >= 4 is 11.8 Å². The van der Waals surface area contributed by atoms with E-state index in [1.165, 1.54) is 5.75 Å². The SMILES string of the molecule is C[C@H]1C=CSC1. The van der Waals surface area contributed by atoms with Gasteiger partial charge in [0.25, 0.3) is 0 Å². The Kier molecular flexibility index (Phi) is 1.20. The third-order valence-electron chi connectivity index (χ3n) is 0.862. The van der Waals surface area contributed by atoms with Gasteiger partial charge in [0, 0.05) is 5.75 Å². The van der Waals surface area contributed by atoms with Gasteiger partial charge in [0.05, 0.1) is 0 Å². The van der Waals surface area contributed by atoms with Crippen molar-refractivity contribution in [1.29, 1.82) is 0 Å². The second-order valence-corrected chi connectivity index (χ2v) is 2.58. The summed E-state index contributed by atoms with van der Waals surface area (Å²) in [4.78, 5) is 0. The van der Waals surface area contributed by atoms with Gasteiger partial charge in [-0.05, 0) is 11.3 Å². The normalized spacial score (nSPS) is 31.8. The zero-order valence-corrected chi connectivity index (χ0v) is 4.66. The number of thioether (sulfide) groups is 1. The highest BCUT2D eigenvalue weighted by Crippen LogP contribution is 2.18. The van der Waals surface area contributed by atoms with Gasteiger partial charge in [0.1, 0.15) is 0 Å². The van der Waals surface area contributed by atoms with Crippen LogP contribution in [0.15, 0.2) is 11.5 Å². The first-order valence-corrected chi connectivity index (χ1v) is 3.23. The van der Waals surface area contributed by atoms with E-state index >= 15 is 0 Å². The molecule has 0 aromatic carbocycles. The molecule has 0 fully saturated rings. The van der Waals surface area contributed by atoms with Crippen molar-refractivity contribution in [2.45, 2.75) is 6.92 Å². The molecule has 0 aromatic heterocycles. The van der Waals surface area contributed by atoms with Gasteiger partial charge in [-0.15, -0.1) is 11.8 Å². The molecule has 34 valence electrons. The number of hydrogen-bond acceptors (Lipinski definition) is 1. The maximum Gasteiger partial charge on any atom is 0.00346 e. The second kappa shape index (κ2) is 1.69. The number of rotatable bonds is 0. The van der Waals surface area contributed by atoms with Crippen LogP contribution in [-0.4, -0.2) is 5.75 Å². The van der Waals surface area contributed by atoms with Gasteiger partial charge in [0.15, 0.2) is 0 Å². The molecular weight excluding hydrogens is 92.1 g/mol. The lowest BCUT2D eigenvalue weighted by atomic mass is 10.2. The van der Waals surface area contributed by atoms with E-state index < -0.39 is 0 Å². The summed E-state index contributed by atoms with van der Waals surface area (Å²) in [5.74, 6) is 2.12. The molecule has 0 radical (unpaired) electrons. The largest absolute Gasteiger partial charge is 0.134 e. The van der Waals surface area contributed by atoms with E-state index in [1.807, 2.05) is 11.8 Å². The van der Waals surface area contributed by atoms with E-state index in [9.17, 15) is 0 Å². The Hall–Kier alpha value is 0.0900. The minimum atomic E-state index is 0.829. The van der Waals surface area contributed by atoms with E-state index in [0.29, 0.717) is 0 Å². The van der Waals surface area contributed by atoms with Crippen LogP contribution >= 0.6 is 11.8 Å². The molecular formula is C5H8S. The van der Waals surface area contributed by atoms with Crippen LogP contribution in [0.4, 0.5) is 0 Å². The Labute approximate surface area is 42.6 Å². The predicted molar refractivity (Wildman–Crippen MR) is 30.8 cm³/mol. The summed E-state index contributed by atoms with van der Waals surface area (Å²) in [6, 6.07) is 0. The molecule has 0 aromatic rings. The molecule has 6 heavy (non-hydrogen) atoms. The van der Waals surface area contributed by atoms with Crippen molar-refractivity contribution in [3.63, 3.8) is 0 Å². The molecule has 0 N–H and O–H groups in total. The molecule has 0 bridgehead atoms. The summed E-state index contributed by atoms with van der Waals surface area (Å²) in [6.07, 6.45) is 2.24. The molecule has 0 saturated carbocycles. The van der Waals surface area contributed by atoms with E-state index in [2.05, 4.69) is 18.4 Å². The van der Waals surface area contributed by atoms with Crippen molar-refractivity contribution in [3.05, 3.63) is 11.5 Å². The molecule has 0 nitrogen and oxygen atoms in total. The summed E-state index contributed by atoms with van der Waals surface area (Å²) in [5.41, 5.74) is 0. The molecule has 0 saturated heterocycles. The fraction of sp³-hybridized carbons (Fsp3) is 0.600. The summed E-state index contributed by atoms with van der Waals surface area (Å²) in [6.45, 7) is 2.23. The minimum absolute atomic E-state index is 0.829. The lowest BCUT2D eigenvalue weighted by molar-refractivity contribution is 0.861. The minimum Gasteiger partial charge on any atom is -0.134 e. The molecule has 1 aliphatic heterocycles. The van der Waals surface area contributed by atoms with Gasteiger partial charge >= 0.3 is 0 Å². The van der Waals surface area contributed by atoms with Crippen molar-refractivity contribution in [3.8, 4) is 0 Å². The molecule has 0 amide bonds. The molecule has 1 aliphatic rings. The van der Waals surface area contributed by atoms with Gasteiger partial charge in [-0.3, -0.25) is 0 Å². The van der Waals surface area contributed by atoms with E-state index in [1.54, 1.807) is 0 Å². The lowest BCUT2D eigenvalue weighted by Crippen LogP contribution is -1.83. The van der Waals surface area contributed by atoms with Crippen LogP contribution in [0.3, 0.4) is 0 Å². The van der Waals surface area contributed by atoms with Crippen LogP contribution in [0.25, 0.3) is 0 Å². The third-order valence-corrected chi connectivity index (χ3v) is 1.93. The summed E-state index contributed by atoms with van der Waals surface area (Å²) in [7, 11) is 0. The maximum atomic E-state index is 2.24. The zero-order valence-electron chi connectivity index (χ0n) is 3.85. The Bertz CT molecular complexity index is 66.3. The van der Waals surface area contributed by atoms with Crippen molar-refractivity contribution in [2.75, 3.05) is 5.75 Å². The van der Waals surface area contributed by atoms with Crippen LogP contribution in [0.2, 0.25) is 0 Å². The van der Waals surface area contributed by atoms with Gasteiger partial charge in [-0.25, -0.2) is 0 Å². The fourth-order valence-corrected chi connectivity index (χ4v) is 1.36. The fourth-order valence-electron chi connectivity index (χ4n) is 0.453. The van der Waals surface area contributed by atoms with Crippen LogP contribution in [-0.2, 0) is 0 Å². The number of allylic oxidation sites excluding steroid dienone is 1. The van der Waals surface area contributed by atoms with Crippen LogP contribution < -0.4 is 0 Å². The van der Waals surface area contributed by atoms with E-state index in [-0.39, 0.29) is 0 Å². The topological polar surface area (TPSA) is 0 Å². The lowest BCUT2D eigenvalue weighted by Gasteiger charge is -1.88. The third kappa shape index (κ3) is 0.777.